The van der Waals surface area contributed by atoms with Gasteiger partial charge in [-0.05, 0) is 51.2 Å². The first kappa shape index (κ1) is 16.5. The summed E-state index contributed by atoms with van der Waals surface area (Å²) in [6, 6.07) is 0. The van der Waals surface area contributed by atoms with Crippen molar-refractivity contribution in [2.75, 3.05) is 26.3 Å². The van der Waals surface area contributed by atoms with Crippen molar-refractivity contribution >= 4 is 23.2 Å². The predicted molar refractivity (Wildman–Crippen MR) is 90.8 cm³/mol. The Morgan fingerprint density at radius 1 is 1.43 bits per heavy atom. The van der Waals surface area contributed by atoms with Crippen LogP contribution in [0, 0.1) is 6.92 Å². The molecule has 0 unspecified atom stereocenters. The lowest BCUT2D eigenvalue weighted by molar-refractivity contribution is 0.00975. The zero-order valence-electron chi connectivity index (χ0n) is 14.2. The van der Waals surface area contributed by atoms with E-state index in [4.69, 9.17) is 9.47 Å². The van der Waals surface area contributed by atoms with Gasteiger partial charge < -0.3 is 14.4 Å². The Bertz CT molecular complexity index is 626. The molecular weight excluding hydrogens is 312 g/mol. The number of rotatable bonds is 2. The fourth-order valence-electron chi connectivity index (χ4n) is 2.83. The third-order valence-electron chi connectivity index (χ3n) is 4.08. The highest BCUT2D eigenvalue weighted by molar-refractivity contribution is 7.06. The maximum atomic E-state index is 12.2. The van der Waals surface area contributed by atoms with Crippen molar-refractivity contribution in [2.45, 2.75) is 45.6 Å². The maximum Gasteiger partial charge on any atom is 0.410 e. The third-order valence-corrected chi connectivity index (χ3v) is 5.18. The van der Waals surface area contributed by atoms with Gasteiger partial charge in [-0.2, -0.15) is 4.37 Å². The van der Waals surface area contributed by atoms with Gasteiger partial charge in [0.25, 0.3) is 0 Å². The quantitative estimate of drug-likeness (QED) is 0.828. The van der Waals surface area contributed by atoms with Crippen LogP contribution in [-0.4, -0.2) is 47.3 Å². The fraction of sp³-hybridized carbons (Fsp3) is 0.647. The minimum atomic E-state index is -0.452. The molecule has 0 atom stereocenters. The second-order valence-electron chi connectivity index (χ2n) is 7.15. The number of ether oxygens (including phenoxy) is 2. The van der Waals surface area contributed by atoms with Gasteiger partial charge in [0.2, 0.25) is 0 Å². The van der Waals surface area contributed by atoms with Crippen molar-refractivity contribution in [3.05, 3.63) is 22.2 Å². The van der Waals surface area contributed by atoms with E-state index in [1.807, 2.05) is 20.8 Å². The average Bonchev–Trinajstić information content (AvgIpc) is 2.77. The van der Waals surface area contributed by atoms with Crippen LogP contribution in [0.2, 0.25) is 0 Å². The minimum Gasteiger partial charge on any atom is -0.444 e. The summed E-state index contributed by atoms with van der Waals surface area (Å²) < 4.78 is 15.3. The second-order valence-corrected chi connectivity index (χ2v) is 7.95. The molecule has 1 aromatic rings. The molecular formula is C17H24N2O3S. The van der Waals surface area contributed by atoms with Gasteiger partial charge in [-0.3, -0.25) is 0 Å². The lowest BCUT2D eigenvalue weighted by Gasteiger charge is -2.31. The predicted octanol–water partition coefficient (Wildman–Crippen LogP) is 3.59. The summed E-state index contributed by atoms with van der Waals surface area (Å²) >= 11 is 1.59. The molecule has 1 aromatic heterocycles. The Hall–Kier alpha value is -1.40. The van der Waals surface area contributed by atoms with Crippen LogP contribution < -0.4 is 0 Å². The van der Waals surface area contributed by atoms with Crippen LogP contribution in [0.3, 0.4) is 0 Å². The summed E-state index contributed by atoms with van der Waals surface area (Å²) in [6.45, 7) is 10.6. The number of hydrogen-bond donors (Lipinski definition) is 0. The Balaban J connectivity index is 1.72. The molecule has 23 heavy (non-hydrogen) atoms. The molecule has 0 saturated carbocycles. The maximum absolute atomic E-state index is 12.2. The van der Waals surface area contributed by atoms with E-state index in [1.165, 1.54) is 16.0 Å². The highest BCUT2D eigenvalue weighted by atomic mass is 32.1. The van der Waals surface area contributed by atoms with Gasteiger partial charge in [0.1, 0.15) is 5.60 Å². The van der Waals surface area contributed by atoms with Crippen molar-refractivity contribution in [3.63, 3.8) is 0 Å². The van der Waals surface area contributed by atoms with Crippen molar-refractivity contribution in [1.82, 2.24) is 9.27 Å². The van der Waals surface area contributed by atoms with Gasteiger partial charge in [-0.1, -0.05) is 6.08 Å². The summed E-state index contributed by atoms with van der Waals surface area (Å²) in [5.74, 6) is 0.487. The van der Waals surface area contributed by atoms with Crippen LogP contribution in [0.5, 0.6) is 0 Å². The molecule has 5 nitrogen and oxygen atoms in total. The number of aromatic nitrogens is 1. The van der Waals surface area contributed by atoms with Crippen LogP contribution in [0.25, 0.3) is 5.57 Å². The molecule has 126 valence electrons. The van der Waals surface area contributed by atoms with E-state index in [1.54, 1.807) is 16.4 Å². The first-order valence-electron chi connectivity index (χ1n) is 8.06. The van der Waals surface area contributed by atoms with Crippen molar-refractivity contribution in [2.24, 2.45) is 0 Å². The molecule has 1 amide bonds. The number of carbonyl (C=O) groups excluding carboxylic acids is 1. The SMILES string of the molecule is Cc1nsc(C2COC2)c1C1=CCN(C(=O)OC(C)(C)C)CC1. The van der Waals surface area contributed by atoms with Crippen LogP contribution in [0.4, 0.5) is 4.79 Å². The van der Waals surface area contributed by atoms with Crippen LogP contribution in [0.15, 0.2) is 6.08 Å². The molecule has 3 rings (SSSR count). The van der Waals surface area contributed by atoms with Gasteiger partial charge in [0, 0.05) is 29.4 Å². The first-order chi connectivity index (χ1) is 10.8. The van der Waals surface area contributed by atoms with E-state index in [2.05, 4.69) is 17.4 Å². The minimum absolute atomic E-state index is 0.236. The number of nitrogens with zero attached hydrogens (tertiary/aromatic N) is 2. The Morgan fingerprint density at radius 2 is 2.17 bits per heavy atom. The summed E-state index contributed by atoms with van der Waals surface area (Å²) in [7, 11) is 0. The number of carbonyl (C=O) groups is 1. The standard InChI is InChI=1S/C17H24N2O3S/c1-11-14(15(23-18-11)13-9-21-10-13)12-5-7-19(8-6-12)16(20)22-17(2,3)4/h5,13H,6-10H2,1-4H3. The fourth-order valence-corrected chi connectivity index (χ4v) is 3.81. The first-order valence-corrected chi connectivity index (χ1v) is 8.84. The topological polar surface area (TPSA) is 51.7 Å². The molecule has 0 aromatic carbocycles. The molecule has 2 aliphatic rings. The van der Waals surface area contributed by atoms with Gasteiger partial charge in [-0.25, -0.2) is 4.79 Å². The zero-order chi connectivity index (χ0) is 16.6. The van der Waals surface area contributed by atoms with Gasteiger partial charge in [0.05, 0.1) is 18.9 Å². The molecule has 0 aliphatic carbocycles. The lowest BCUT2D eigenvalue weighted by Crippen LogP contribution is -2.39. The van der Waals surface area contributed by atoms with E-state index >= 15 is 0 Å². The van der Waals surface area contributed by atoms with Gasteiger partial charge in [0.15, 0.2) is 0 Å². The Labute approximate surface area is 141 Å². The number of hydrogen-bond acceptors (Lipinski definition) is 5. The van der Waals surface area contributed by atoms with E-state index in [0.29, 0.717) is 19.0 Å². The monoisotopic (exact) mass is 336 g/mol. The largest absolute Gasteiger partial charge is 0.444 e. The van der Waals surface area contributed by atoms with E-state index < -0.39 is 5.60 Å². The Kier molecular flexibility index (Phi) is 4.47. The van der Waals surface area contributed by atoms with Crippen LogP contribution in [0.1, 0.15) is 49.2 Å². The van der Waals surface area contributed by atoms with Gasteiger partial charge >= 0.3 is 6.09 Å². The van der Waals surface area contributed by atoms with E-state index in [-0.39, 0.29) is 6.09 Å². The van der Waals surface area contributed by atoms with Crippen molar-refractivity contribution < 1.29 is 14.3 Å². The van der Waals surface area contributed by atoms with Crippen molar-refractivity contribution in [3.8, 4) is 0 Å². The van der Waals surface area contributed by atoms with E-state index in [0.717, 1.165) is 25.3 Å². The smallest absolute Gasteiger partial charge is 0.410 e. The molecule has 1 saturated heterocycles. The molecule has 1 fully saturated rings. The highest BCUT2D eigenvalue weighted by Gasteiger charge is 2.30. The lowest BCUT2D eigenvalue weighted by atomic mass is 9.93. The van der Waals surface area contributed by atoms with E-state index in [9.17, 15) is 4.79 Å². The van der Waals surface area contributed by atoms with Crippen molar-refractivity contribution in [1.29, 1.82) is 0 Å². The Morgan fingerprint density at radius 3 is 2.70 bits per heavy atom. The summed E-state index contributed by atoms with van der Waals surface area (Å²) in [4.78, 5) is 15.3. The molecule has 0 bridgehead atoms. The summed E-state index contributed by atoms with van der Waals surface area (Å²) in [5, 5.41) is 0. The number of aryl methyl sites for hydroxylation is 1. The molecule has 3 heterocycles. The summed E-state index contributed by atoms with van der Waals surface area (Å²) in [6.07, 6.45) is 2.76. The highest BCUT2D eigenvalue weighted by Crippen LogP contribution is 2.38. The second kappa shape index (κ2) is 6.24. The summed E-state index contributed by atoms with van der Waals surface area (Å²) in [5.41, 5.74) is 3.23. The normalized spacial score (nSPS) is 19.3. The third kappa shape index (κ3) is 3.58. The van der Waals surface area contributed by atoms with Gasteiger partial charge in [-0.15, -0.1) is 0 Å². The zero-order valence-corrected chi connectivity index (χ0v) is 15.0. The number of amides is 1. The molecule has 0 N–H and O–H groups in total. The van der Waals surface area contributed by atoms with Crippen LogP contribution in [-0.2, 0) is 9.47 Å². The molecule has 0 spiro atoms. The molecule has 6 heteroatoms. The van der Waals surface area contributed by atoms with Crippen LogP contribution >= 0.6 is 11.5 Å². The average molecular weight is 336 g/mol. The molecule has 0 radical (unpaired) electrons. The molecule has 2 aliphatic heterocycles.